The molecular formula is C8H12O3. The molecule has 3 nitrogen and oxygen atoms in total. The van der Waals surface area contributed by atoms with Crippen molar-refractivity contribution in [1.29, 1.82) is 0 Å². The smallest absolute Gasteiger partial charge is 0.328 e. The number of ketones is 1. The Morgan fingerprint density at radius 2 is 2.00 bits per heavy atom. The first-order valence-electron chi connectivity index (χ1n) is 3.52. The topological polar surface area (TPSA) is 54.4 Å². The lowest BCUT2D eigenvalue weighted by Gasteiger charge is -1.97. The van der Waals surface area contributed by atoms with E-state index in [0.717, 1.165) is 12.5 Å². The summed E-state index contributed by atoms with van der Waals surface area (Å²) in [5.74, 6) is -1.21. The maximum Gasteiger partial charge on any atom is 0.328 e. The number of carbonyl (C=O) groups excluding carboxylic acids is 1. The van der Waals surface area contributed by atoms with Crippen LogP contribution in [0.4, 0.5) is 0 Å². The first-order chi connectivity index (χ1) is 5.07. The monoisotopic (exact) mass is 156 g/mol. The number of carboxylic acid groups (broad SMARTS) is 1. The summed E-state index contributed by atoms with van der Waals surface area (Å²) in [5, 5.41) is 8.33. The van der Waals surface area contributed by atoms with E-state index in [9.17, 15) is 9.59 Å². The van der Waals surface area contributed by atoms with Crippen molar-refractivity contribution in [3.8, 4) is 0 Å². The molecule has 0 bridgehead atoms. The molecule has 0 aliphatic carbocycles. The lowest BCUT2D eigenvalue weighted by Crippen LogP contribution is -2.00. The van der Waals surface area contributed by atoms with Gasteiger partial charge in [-0.05, 0) is 13.3 Å². The minimum atomic E-state index is -1.05. The molecule has 0 aromatic rings. The second-order valence-corrected chi connectivity index (χ2v) is 2.31. The van der Waals surface area contributed by atoms with Gasteiger partial charge in [0.15, 0.2) is 5.78 Å². The Kier molecular flexibility index (Phi) is 4.18. The zero-order valence-electron chi connectivity index (χ0n) is 6.76. The third-order valence-corrected chi connectivity index (χ3v) is 1.27. The molecule has 3 heteroatoms. The molecule has 0 fully saturated rings. The highest BCUT2D eigenvalue weighted by Gasteiger charge is 2.03. The van der Waals surface area contributed by atoms with Gasteiger partial charge in [0.05, 0.1) is 0 Å². The Morgan fingerprint density at radius 3 is 2.27 bits per heavy atom. The fourth-order valence-electron chi connectivity index (χ4n) is 0.768. The predicted octanol–water partition coefficient (Wildman–Crippen LogP) is 1.39. The highest BCUT2D eigenvalue weighted by Crippen LogP contribution is 2.05. The second-order valence-electron chi connectivity index (χ2n) is 2.31. The second kappa shape index (κ2) is 4.66. The molecule has 0 saturated heterocycles. The minimum Gasteiger partial charge on any atom is -0.478 e. The molecule has 0 heterocycles. The molecule has 0 aliphatic heterocycles. The van der Waals surface area contributed by atoms with Crippen molar-refractivity contribution in [2.75, 3.05) is 0 Å². The van der Waals surface area contributed by atoms with Crippen molar-refractivity contribution in [3.05, 3.63) is 11.6 Å². The van der Waals surface area contributed by atoms with Crippen LogP contribution in [0, 0.1) is 0 Å². The van der Waals surface area contributed by atoms with E-state index in [-0.39, 0.29) is 5.78 Å². The summed E-state index contributed by atoms with van der Waals surface area (Å²) in [4.78, 5) is 20.9. The van der Waals surface area contributed by atoms with Crippen LogP contribution in [-0.4, -0.2) is 16.9 Å². The molecule has 0 amide bonds. The number of Topliss-reactive ketones (excluding diaryl/α,β-unsaturated/α-hetero) is 1. The molecule has 62 valence electrons. The third-order valence-electron chi connectivity index (χ3n) is 1.27. The highest BCUT2D eigenvalue weighted by molar-refractivity contribution is 5.98. The molecule has 0 rings (SSSR count). The molecular weight excluding hydrogens is 144 g/mol. The van der Waals surface area contributed by atoms with Crippen molar-refractivity contribution in [2.45, 2.75) is 26.7 Å². The maximum atomic E-state index is 10.7. The number of hydrogen-bond acceptors (Lipinski definition) is 2. The fraction of sp³-hybridized carbons (Fsp3) is 0.500. The maximum absolute atomic E-state index is 10.7. The summed E-state index contributed by atoms with van der Waals surface area (Å²) in [7, 11) is 0. The van der Waals surface area contributed by atoms with E-state index in [4.69, 9.17) is 5.11 Å². The van der Waals surface area contributed by atoms with Crippen LogP contribution in [0.1, 0.15) is 26.7 Å². The van der Waals surface area contributed by atoms with Crippen molar-refractivity contribution in [1.82, 2.24) is 0 Å². The predicted molar refractivity (Wildman–Crippen MR) is 41.3 cm³/mol. The Balaban J connectivity index is 4.32. The van der Waals surface area contributed by atoms with Gasteiger partial charge in [-0.1, -0.05) is 13.3 Å². The Bertz CT molecular complexity index is 192. The summed E-state index contributed by atoms with van der Waals surface area (Å²) in [6, 6.07) is 0. The van der Waals surface area contributed by atoms with E-state index in [2.05, 4.69) is 0 Å². The van der Waals surface area contributed by atoms with E-state index >= 15 is 0 Å². The summed E-state index contributed by atoms with van der Waals surface area (Å²) < 4.78 is 0. The molecule has 0 aromatic carbocycles. The van der Waals surface area contributed by atoms with Crippen LogP contribution >= 0.6 is 0 Å². The zero-order chi connectivity index (χ0) is 8.85. The van der Waals surface area contributed by atoms with Gasteiger partial charge in [0.1, 0.15) is 0 Å². The van der Waals surface area contributed by atoms with Crippen LogP contribution in [0.5, 0.6) is 0 Å². The van der Waals surface area contributed by atoms with Crippen LogP contribution in [0.2, 0.25) is 0 Å². The highest BCUT2D eigenvalue weighted by atomic mass is 16.4. The summed E-state index contributed by atoms with van der Waals surface area (Å²) >= 11 is 0. The standard InChI is InChI=1S/C8H12O3/c1-3-4-7(6(2)9)5-8(10)11/h5H,3-4H2,1-2H3,(H,10,11)/b7-5-. The Labute approximate surface area is 65.7 Å². The van der Waals surface area contributed by atoms with Gasteiger partial charge in [0.25, 0.3) is 0 Å². The van der Waals surface area contributed by atoms with Gasteiger partial charge in [-0.3, -0.25) is 4.79 Å². The summed E-state index contributed by atoms with van der Waals surface area (Å²) in [6.07, 6.45) is 2.31. The van der Waals surface area contributed by atoms with E-state index in [1.165, 1.54) is 6.92 Å². The normalized spacial score (nSPS) is 11.3. The number of carbonyl (C=O) groups is 2. The average Bonchev–Trinajstić information content (AvgIpc) is 1.86. The fourth-order valence-corrected chi connectivity index (χ4v) is 0.768. The summed E-state index contributed by atoms with van der Waals surface area (Å²) in [6.45, 7) is 3.28. The van der Waals surface area contributed by atoms with Gasteiger partial charge < -0.3 is 5.11 Å². The summed E-state index contributed by atoms with van der Waals surface area (Å²) in [5.41, 5.74) is 0.389. The number of aliphatic carboxylic acids is 1. The van der Waals surface area contributed by atoms with Crippen molar-refractivity contribution >= 4 is 11.8 Å². The van der Waals surface area contributed by atoms with E-state index < -0.39 is 5.97 Å². The molecule has 0 atom stereocenters. The van der Waals surface area contributed by atoms with Gasteiger partial charge in [0.2, 0.25) is 0 Å². The Hall–Kier alpha value is -1.12. The van der Waals surface area contributed by atoms with Crippen LogP contribution in [0.25, 0.3) is 0 Å². The number of rotatable bonds is 4. The SMILES string of the molecule is CCC/C(=C/C(=O)O)C(C)=O. The molecule has 0 saturated carbocycles. The van der Waals surface area contributed by atoms with Crippen molar-refractivity contribution < 1.29 is 14.7 Å². The quantitative estimate of drug-likeness (QED) is 0.626. The number of hydrogen-bond donors (Lipinski definition) is 1. The zero-order valence-corrected chi connectivity index (χ0v) is 6.76. The van der Waals surface area contributed by atoms with Gasteiger partial charge in [-0.25, -0.2) is 4.79 Å². The molecule has 0 aromatic heterocycles. The van der Waals surface area contributed by atoms with Crippen LogP contribution in [-0.2, 0) is 9.59 Å². The molecule has 0 aliphatic rings. The van der Waals surface area contributed by atoms with Crippen molar-refractivity contribution in [3.63, 3.8) is 0 Å². The Morgan fingerprint density at radius 1 is 1.45 bits per heavy atom. The third kappa shape index (κ3) is 4.31. The van der Waals surface area contributed by atoms with Crippen LogP contribution in [0.3, 0.4) is 0 Å². The molecule has 1 N–H and O–H groups in total. The molecule has 11 heavy (non-hydrogen) atoms. The number of carboxylic acids is 1. The minimum absolute atomic E-state index is 0.158. The average molecular weight is 156 g/mol. The van der Waals surface area contributed by atoms with Crippen molar-refractivity contribution in [2.24, 2.45) is 0 Å². The van der Waals surface area contributed by atoms with Gasteiger partial charge in [-0.15, -0.1) is 0 Å². The first-order valence-corrected chi connectivity index (χ1v) is 3.52. The largest absolute Gasteiger partial charge is 0.478 e. The molecule has 0 radical (unpaired) electrons. The number of allylic oxidation sites excluding steroid dienone is 1. The molecule has 0 spiro atoms. The van der Waals surface area contributed by atoms with Gasteiger partial charge >= 0.3 is 5.97 Å². The van der Waals surface area contributed by atoms with Crippen LogP contribution in [0.15, 0.2) is 11.6 Å². The van der Waals surface area contributed by atoms with Gasteiger partial charge in [0, 0.05) is 11.6 Å². The van der Waals surface area contributed by atoms with E-state index in [1.807, 2.05) is 6.92 Å². The lowest BCUT2D eigenvalue weighted by atomic mass is 10.1. The van der Waals surface area contributed by atoms with E-state index in [0.29, 0.717) is 12.0 Å². The van der Waals surface area contributed by atoms with Crippen LogP contribution < -0.4 is 0 Å². The first kappa shape index (κ1) is 9.88. The van der Waals surface area contributed by atoms with E-state index in [1.54, 1.807) is 0 Å². The molecule has 0 unspecified atom stereocenters. The lowest BCUT2D eigenvalue weighted by molar-refractivity contribution is -0.131. The van der Waals surface area contributed by atoms with Gasteiger partial charge in [-0.2, -0.15) is 0 Å².